The lowest BCUT2D eigenvalue weighted by Crippen LogP contribution is -2.34. The molecule has 33 heavy (non-hydrogen) atoms. The fourth-order valence-electron chi connectivity index (χ4n) is 2.96. The zero-order valence-corrected chi connectivity index (χ0v) is 17.7. The standard InChI is InChI=1S/C22H20F2N4O5/c1-13(2)19-16(11-26-28(19)17-5-3-4-10-25-17)21(31)32-12-18(29)27-20(30)14-6-8-15(9-7-14)33-22(23)24/h3-11,13,22H,12H2,1-2H3,(H,27,29,30). The van der Waals surface area contributed by atoms with E-state index in [9.17, 15) is 23.2 Å². The summed E-state index contributed by atoms with van der Waals surface area (Å²) in [6.45, 7) is 0.0452. The van der Waals surface area contributed by atoms with Gasteiger partial charge >= 0.3 is 12.6 Å². The molecule has 0 aliphatic rings. The molecule has 0 saturated carbocycles. The molecule has 0 aliphatic heterocycles. The van der Waals surface area contributed by atoms with Gasteiger partial charge < -0.3 is 9.47 Å². The number of ether oxygens (including phenoxy) is 2. The van der Waals surface area contributed by atoms with E-state index in [2.05, 4.69) is 20.1 Å². The summed E-state index contributed by atoms with van der Waals surface area (Å²) in [4.78, 5) is 41.0. The number of hydrogen-bond donors (Lipinski definition) is 1. The van der Waals surface area contributed by atoms with Gasteiger partial charge in [0, 0.05) is 11.8 Å². The fourth-order valence-corrected chi connectivity index (χ4v) is 2.96. The third kappa shape index (κ3) is 5.97. The lowest BCUT2D eigenvalue weighted by atomic mass is 10.1. The van der Waals surface area contributed by atoms with Gasteiger partial charge in [0.05, 0.1) is 11.9 Å². The molecular formula is C22H20F2N4O5. The van der Waals surface area contributed by atoms with Crippen molar-refractivity contribution in [1.29, 1.82) is 0 Å². The first kappa shape index (κ1) is 23.5. The molecule has 1 aromatic carbocycles. The minimum atomic E-state index is -2.99. The summed E-state index contributed by atoms with van der Waals surface area (Å²) in [6.07, 6.45) is 2.93. The average molecular weight is 458 g/mol. The number of nitrogens with one attached hydrogen (secondary N) is 1. The number of benzene rings is 1. The van der Waals surface area contributed by atoms with Gasteiger partial charge in [0.25, 0.3) is 11.8 Å². The molecule has 172 valence electrons. The molecule has 0 atom stereocenters. The van der Waals surface area contributed by atoms with Crippen molar-refractivity contribution in [1.82, 2.24) is 20.1 Å². The van der Waals surface area contributed by atoms with E-state index in [1.54, 1.807) is 24.4 Å². The second-order valence-electron chi connectivity index (χ2n) is 7.05. The third-order valence-corrected chi connectivity index (χ3v) is 4.37. The van der Waals surface area contributed by atoms with Gasteiger partial charge in [-0.1, -0.05) is 19.9 Å². The van der Waals surface area contributed by atoms with Crippen LogP contribution in [-0.4, -0.2) is 45.8 Å². The normalized spacial score (nSPS) is 10.8. The molecule has 0 saturated heterocycles. The van der Waals surface area contributed by atoms with Crippen molar-refractivity contribution in [3.63, 3.8) is 0 Å². The third-order valence-electron chi connectivity index (χ3n) is 4.37. The highest BCUT2D eigenvalue weighted by atomic mass is 19.3. The lowest BCUT2D eigenvalue weighted by molar-refractivity contribution is -0.123. The van der Waals surface area contributed by atoms with Crippen LogP contribution >= 0.6 is 0 Å². The first-order valence-corrected chi connectivity index (χ1v) is 9.81. The fraction of sp³-hybridized carbons (Fsp3) is 0.227. The van der Waals surface area contributed by atoms with Crippen molar-refractivity contribution in [2.45, 2.75) is 26.4 Å². The highest BCUT2D eigenvalue weighted by molar-refractivity contribution is 6.05. The summed E-state index contributed by atoms with van der Waals surface area (Å²) < 4.78 is 35.1. The van der Waals surface area contributed by atoms with Crippen LogP contribution in [0.25, 0.3) is 5.82 Å². The Morgan fingerprint density at radius 1 is 1.09 bits per heavy atom. The van der Waals surface area contributed by atoms with Crippen LogP contribution in [0.5, 0.6) is 5.75 Å². The van der Waals surface area contributed by atoms with Crippen molar-refractivity contribution in [3.8, 4) is 11.6 Å². The van der Waals surface area contributed by atoms with E-state index in [1.165, 1.54) is 23.0 Å². The van der Waals surface area contributed by atoms with E-state index < -0.39 is 31.0 Å². The number of pyridine rings is 1. The molecule has 0 fully saturated rings. The van der Waals surface area contributed by atoms with E-state index in [0.29, 0.717) is 11.5 Å². The number of alkyl halides is 2. The monoisotopic (exact) mass is 458 g/mol. The summed E-state index contributed by atoms with van der Waals surface area (Å²) in [6, 6.07) is 10.0. The molecule has 0 radical (unpaired) electrons. The van der Waals surface area contributed by atoms with Gasteiger partial charge in [-0.3, -0.25) is 14.9 Å². The number of halogens is 2. The second kappa shape index (κ2) is 10.4. The number of aromatic nitrogens is 3. The summed E-state index contributed by atoms with van der Waals surface area (Å²) >= 11 is 0. The molecule has 3 aromatic rings. The quantitative estimate of drug-likeness (QED) is 0.516. The van der Waals surface area contributed by atoms with Crippen molar-refractivity contribution in [3.05, 3.63) is 71.7 Å². The van der Waals surface area contributed by atoms with Crippen LogP contribution < -0.4 is 10.1 Å². The van der Waals surface area contributed by atoms with Crippen molar-refractivity contribution >= 4 is 17.8 Å². The lowest BCUT2D eigenvalue weighted by Gasteiger charge is -2.12. The number of rotatable bonds is 8. The minimum Gasteiger partial charge on any atom is -0.452 e. The highest BCUT2D eigenvalue weighted by Gasteiger charge is 2.23. The van der Waals surface area contributed by atoms with E-state index in [0.717, 1.165) is 12.1 Å². The van der Waals surface area contributed by atoms with Gasteiger partial charge in [-0.05, 0) is 42.3 Å². The van der Waals surface area contributed by atoms with Gasteiger partial charge in [-0.2, -0.15) is 13.9 Å². The Bertz CT molecular complexity index is 1130. The van der Waals surface area contributed by atoms with E-state index >= 15 is 0 Å². The number of carbonyl (C=O) groups is 3. The highest BCUT2D eigenvalue weighted by Crippen LogP contribution is 2.23. The van der Waals surface area contributed by atoms with Crippen LogP contribution in [0, 0.1) is 0 Å². The van der Waals surface area contributed by atoms with Crippen LogP contribution in [0.2, 0.25) is 0 Å². The topological polar surface area (TPSA) is 112 Å². The van der Waals surface area contributed by atoms with Crippen molar-refractivity contribution in [2.24, 2.45) is 0 Å². The van der Waals surface area contributed by atoms with Gasteiger partial charge in [-0.25, -0.2) is 14.5 Å². The Hall–Kier alpha value is -4.15. The predicted molar refractivity (Wildman–Crippen MR) is 111 cm³/mol. The Morgan fingerprint density at radius 3 is 2.42 bits per heavy atom. The number of imide groups is 1. The molecule has 9 nitrogen and oxygen atoms in total. The molecular weight excluding hydrogens is 438 g/mol. The predicted octanol–water partition coefficient (Wildman–Crippen LogP) is 3.11. The molecule has 3 rings (SSSR count). The van der Waals surface area contributed by atoms with Crippen LogP contribution in [0.15, 0.2) is 54.9 Å². The maximum absolute atomic E-state index is 12.6. The number of nitrogens with zero attached hydrogens (tertiary/aromatic N) is 3. The van der Waals surface area contributed by atoms with Crippen LogP contribution in [0.4, 0.5) is 8.78 Å². The zero-order valence-electron chi connectivity index (χ0n) is 17.7. The Morgan fingerprint density at radius 2 is 1.82 bits per heavy atom. The van der Waals surface area contributed by atoms with Gasteiger partial charge in [-0.15, -0.1) is 0 Å². The van der Waals surface area contributed by atoms with E-state index in [-0.39, 0.29) is 22.8 Å². The molecule has 0 bridgehead atoms. The first-order valence-electron chi connectivity index (χ1n) is 9.81. The summed E-state index contributed by atoms with van der Waals surface area (Å²) in [7, 11) is 0. The summed E-state index contributed by atoms with van der Waals surface area (Å²) in [5.41, 5.74) is 0.765. The molecule has 2 aromatic heterocycles. The molecule has 2 heterocycles. The molecule has 11 heteroatoms. The van der Waals surface area contributed by atoms with Crippen LogP contribution in [-0.2, 0) is 9.53 Å². The Kier molecular flexibility index (Phi) is 7.44. The largest absolute Gasteiger partial charge is 0.452 e. The first-order chi connectivity index (χ1) is 15.8. The molecule has 0 aliphatic carbocycles. The Labute approximate surface area is 187 Å². The van der Waals surface area contributed by atoms with Gasteiger partial charge in [0.2, 0.25) is 0 Å². The Balaban J connectivity index is 1.61. The number of carbonyl (C=O) groups excluding carboxylic acids is 3. The second-order valence-corrected chi connectivity index (χ2v) is 7.05. The van der Waals surface area contributed by atoms with Crippen LogP contribution in [0.3, 0.4) is 0 Å². The average Bonchev–Trinajstić information content (AvgIpc) is 3.24. The number of hydrogen-bond acceptors (Lipinski definition) is 7. The maximum atomic E-state index is 12.6. The molecule has 2 amide bonds. The molecule has 1 N–H and O–H groups in total. The zero-order chi connectivity index (χ0) is 24.0. The minimum absolute atomic E-state index is 0.0371. The van der Waals surface area contributed by atoms with E-state index in [1.807, 2.05) is 13.8 Å². The SMILES string of the molecule is CC(C)c1c(C(=O)OCC(=O)NC(=O)c2ccc(OC(F)F)cc2)cnn1-c1ccccn1. The molecule has 0 spiro atoms. The van der Waals surface area contributed by atoms with Crippen molar-refractivity contribution in [2.75, 3.05) is 6.61 Å². The van der Waals surface area contributed by atoms with Crippen LogP contribution in [0.1, 0.15) is 46.2 Å². The number of esters is 1. The smallest absolute Gasteiger partial charge is 0.387 e. The summed E-state index contributed by atoms with van der Waals surface area (Å²) in [5, 5.41) is 6.27. The van der Waals surface area contributed by atoms with Gasteiger partial charge in [0.15, 0.2) is 12.4 Å². The van der Waals surface area contributed by atoms with E-state index in [4.69, 9.17) is 4.74 Å². The van der Waals surface area contributed by atoms with Gasteiger partial charge in [0.1, 0.15) is 11.3 Å². The molecule has 0 unspecified atom stereocenters. The summed E-state index contributed by atoms with van der Waals surface area (Å²) in [5.74, 6) is -2.14. The number of amides is 2. The van der Waals surface area contributed by atoms with Crippen molar-refractivity contribution < 1.29 is 32.6 Å². The maximum Gasteiger partial charge on any atom is 0.387 e.